The number of benzene rings is 1. The second-order valence-corrected chi connectivity index (χ2v) is 16.7. The molecule has 0 saturated heterocycles. The minimum Gasteiger partial charge on any atom is -0.492 e. The first-order valence-electron chi connectivity index (χ1n) is 12.8. The van der Waals surface area contributed by atoms with Gasteiger partial charge in [0.25, 0.3) is 0 Å². The first-order chi connectivity index (χ1) is 17.2. The van der Waals surface area contributed by atoms with E-state index in [9.17, 15) is 4.79 Å². The Morgan fingerprint density at radius 2 is 1.81 bits per heavy atom. The normalized spacial score (nSPS) is 12.6. The van der Waals surface area contributed by atoms with E-state index >= 15 is 0 Å². The molecule has 3 rings (SSSR count). The third-order valence-corrected chi connectivity index (χ3v) is 11.2. The Morgan fingerprint density at radius 3 is 2.46 bits per heavy atom. The van der Waals surface area contributed by atoms with Gasteiger partial charge in [0.2, 0.25) is 0 Å². The van der Waals surface area contributed by atoms with E-state index in [1.54, 1.807) is 10.8 Å². The number of carbonyl (C=O) groups is 1. The van der Waals surface area contributed by atoms with Crippen molar-refractivity contribution in [2.75, 3.05) is 13.2 Å². The summed E-state index contributed by atoms with van der Waals surface area (Å²) in [6, 6.07) is 8.05. The zero-order chi connectivity index (χ0) is 27.4. The van der Waals surface area contributed by atoms with Gasteiger partial charge in [0.15, 0.2) is 8.32 Å². The van der Waals surface area contributed by atoms with Gasteiger partial charge in [-0.3, -0.25) is 0 Å². The molecule has 0 aliphatic heterocycles. The molecule has 1 amide bonds. The van der Waals surface area contributed by atoms with Crippen LogP contribution in [0.2, 0.25) is 18.1 Å². The SMILES string of the molecule is Cc1cc(-c2ncnn3cc(OCCCO[Si](C)(C)C(C)(C)C)cc23)ccc1CNC(=O)OC(C)(C)C. The molecular formula is C28H42N4O4Si. The molecule has 0 bridgehead atoms. The summed E-state index contributed by atoms with van der Waals surface area (Å²) in [7, 11) is -1.74. The van der Waals surface area contributed by atoms with Gasteiger partial charge in [0.1, 0.15) is 17.7 Å². The number of rotatable bonds is 9. The standard InChI is InChI=1S/C28H42N4O4Si/c1-20-15-21(11-12-22(20)17-29-26(33)36-27(2,3)4)25-24-16-23(18-32(24)31-19-30-25)34-13-10-14-35-37(8,9)28(5,6)7/h11-12,15-16,18-19H,10,13-14,17H2,1-9H3,(H,29,33). The predicted octanol–water partition coefficient (Wildman–Crippen LogP) is 6.52. The molecule has 8 nitrogen and oxygen atoms in total. The third-order valence-electron chi connectivity index (χ3n) is 6.65. The highest BCUT2D eigenvalue weighted by Crippen LogP contribution is 2.36. The fraction of sp³-hybridized carbons (Fsp3) is 0.536. The molecule has 0 spiro atoms. The van der Waals surface area contributed by atoms with Gasteiger partial charge in [-0.1, -0.05) is 32.9 Å². The van der Waals surface area contributed by atoms with E-state index in [2.05, 4.69) is 55.3 Å². The van der Waals surface area contributed by atoms with Gasteiger partial charge in [-0.05, 0) is 63.0 Å². The number of nitrogens with one attached hydrogen (secondary N) is 1. The van der Waals surface area contributed by atoms with Gasteiger partial charge >= 0.3 is 6.09 Å². The molecule has 9 heteroatoms. The molecule has 0 aliphatic rings. The van der Waals surface area contributed by atoms with Crippen molar-refractivity contribution in [3.8, 4) is 17.0 Å². The number of hydrogen-bond acceptors (Lipinski definition) is 6. The van der Waals surface area contributed by atoms with Crippen LogP contribution in [-0.2, 0) is 15.7 Å². The van der Waals surface area contributed by atoms with Crippen molar-refractivity contribution < 1.29 is 18.7 Å². The fourth-order valence-electron chi connectivity index (χ4n) is 3.52. The zero-order valence-electron chi connectivity index (χ0n) is 23.8. The van der Waals surface area contributed by atoms with Crippen molar-refractivity contribution in [1.29, 1.82) is 0 Å². The van der Waals surface area contributed by atoms with Crippen LogP contribution in [0.4, 0.5) is 4.79 Å². The monoisotopic (exact) mass is 526 g/mol. The van der Waals surface area contributed by atoms with Gasteiger partial charge in [-0.25, -0.2) is 14.3 Å². The number of aryl methyl sites for hydroxylation is 1. The van der Waals surface area contributed by atoms with E-state index in [4.69, 9.17) is 13.9 Å². The van der Waals surface area contributed by atoms with Gasteiger partial charge in [-0.2, -0.15) is 5.10 Å². The number of aromatic nitrogens is 3. The molecule has 0 saturated carbocycles. The molecule has 2 heterocycles. The van der Waals surface area contributed by atoms with Gasteiger partial charge in [-0.15, -0.1) is 0 Å². The number of alkyl carbamates (subject to hydrolysis) is 1. The van der Waals surface area contributed by atoms with E-state index in [-0.39, 0.29) is 5.04 Å². The molecule has 37 heavy (non-hydrogen) atoms. The molecule has 0 unspecified atom stereocenters. The topological polar surface area (TPSA) is 87.0 Å². The van der Waals surface area contributed by atoms with E-state index < -0.39 is 20.0 Å². The summed E-state index contributed by atoms with van der Waals surface area (Å²) in [5, 5.41) is 7.38. The number of nitrogens with zero attached hydrogens (tertiary/aromatic N) is 3. The Hall–Kier alpha value is -2.91. The average molecular weight is 527 g/mol. The smallest absolute Gasteiger partial charge is 0.407 e. The Morgan fingerprint density at radius 1 is 1.08 bits per heavy atom. The maximum absolute atomic E-state index is 12.0. The van der Waals surface area contributed by atoms with Crippen molar-refractivity contribution >= 4 is 19.9 Å². The van der Waals surface area contributed by atoms with Crippen LogP contribution >= 0.6 is 0 Å². The molecule has 2 aromatic heterocycles. The second-order valence-electron chi connectivity index (χ2n) is 11.9. The van der Waals surface area contributed by atoms with Crippen LogP contribution in [-0.4, -0.2) is 47.8 Å². The van der Waals surface area contributed by atoms with Crippen molar-refractivity contribution in [1.82, 2.24) is 19.9 Å². The third kappa shape index (κ3) is 7.79. The number of ether oxygens (including phenoxy) is 2. The van der Waals surface area contributed by atoms with Crippen molar-refractivity contribution in [3.63, 3.8) is 0 Å². The molecule has 1 N–H and O–H groups in total. The molecule has 0 fully saturated rings. The largest absolute Gasteiger partial charge is 0.492 e. The van der Waals surface area contributed by atoms with Gasteiger partial charge < -0.3 is 19.2 Å². The van der Waals surface area contributed by atoms with Crippen LogP contribution in [0.5, 0.6) is 5.75 Å². The number of hydrogen-bond donors (Lipinski definition) is 1. The van der Waals surface area contributed by atoms with Crippen molar-refractivity contribution in [2.24, 2.45) is 0 Å². The molecule has 1 aromatic carbocycles. The minimum atomic E-state index is -1.74. The quantitative estimate of drug-likeness (QED) is 0.252. The van der Waals surface area contributed by atoms with Crippen LogP contribution in [0.25, 0.3) is 16.8 Å². The van der Waals surface area contributed by atoms with Crippen LogP contribution < -0.4 is 10.1 Å². The van der Waals surface area contributed by atoms with Crippen LogP contribution in [0, 0.1) is 6.92 Å². The Kier molecular flexibility index (Phi) is 8.69. The number of amides is 1. The van der Waals surface area contributed by atoms with Gasteiger partial charge in [0, 0.05) is 31.2 Å². The van der Waals surface area contributed by atoms with Crippen LogP contribution in [0.15, 0.2) is 36.8 Å². The summed E-state index contributed by atoms with van der Waals surface area (Å²) in [5.41, 5.74) is 4.20. The Labute approximate surface area is 221 Å². The first kappa shape index (κ1) is 28.7. The lowest BCUT2D eigenvalue weighted by atomic mass is 10.0. The summed E-state index contributed by atoms with van der Waals surface area (Å²) < 4.78 is 19.4. The van der Waals surface area contributed by atoms with Crippen molar-refractivity contribution in [2.45, 2.75) is 85.2 Å². The highest BCUT2D eigenvalue weighted by atomic mass is 28.4. The minimum absolute atomic E-state index is 0.203. The molecule has 0 aliphatic carbocycles. The molecule has 0 atom stereocenters. The molecule has 0 radical (unpaired) electrons. The number of fused-ring (bicyclic) bond motifs is 1. The van der Waals surface area contributed by atoms with E-state index in [0.29, 0.717) is 19.8 Å². The summed E-state index contributed by atoms with van der Waals surface area (Å²) in [6.45, 7) is 20.5. The van der Waals surface area contributed by atoms with Crippen LogP contribution in [0.1, 0.15) is 59.1 Å². The van der Waals surface area contributed by atoms with Gasteiger partial charge in [0.05, 0.1) is 24.0 Å². The summed E-state index contributed by atoms with van der Waals surface area (Å²) in [4.78, 5) is 16.5. The van der Waals surface area contributed by atoms with E-state index in [1.165, 1.54) is 0 Å². The summed E-state index contributed by atoms with van der Waals surface area (Å²) in [6.07, 6.45) is 3.82. The highest BCUT2D eigenvalue weighted by molar-refractivity contribution is 6.74. The lowest BCUT2D eigenvalue weighted by Crippen LogP contribution is -2.41. The fourth-order valence-corrected chi connectivity index (χ4v) is 4.61. The lowest BCUT2D eigenvalue weighted by Gasteiger charge is -2.36. The Balaban J connectivity index is 1.64. The van der Waals surface area contributed by atoms with E-state index in [0.717, 1.165) is 40.1 Å². The lowest BCUT2D eigenvalue weighted by molar-refractivity contribution is 0.0523. The average Bonchev–Trinajstić information content (AvgIpc) is 3.19. The predicted molar refractivity (Wildman–Crippen MR) is 149 cm³/mol. The zero-order valence-corrected chi connectivity index (χ0v) is 24.8. The number of carbonyl (C=O) groups excluding carboxylic acids is 1. The van der Waals surface area contributed by atoms with E-state index in [1.807, 2.05) is 52.1 Å². The molecule has 3 aromatic rings. The summed E-state index contributed by atoms with van der Waals surface area (Å²) >= 11 is 0. The maximum atomic E-state index is 12.0. The summed E-state index contributed by atoms with van der Waals surface area (Å²) in [5.74, 6) is 0.754. The highest BCUT2D eigenvalue weighted by Gasteiger charge is 2.36. The van der Waals surface area contributed by atoms with Crippen LogP contribution in [0.3, 0.4) is 0 Å². The van der Waals surface area contributed by atoms with Crippen molar-refractivity contribution in [3.05, 3.63) is 47.9 Å². The molecular weight excluding hydrogens is 484 g/mol. The first-order valence-corrected chi connectivity index (χ1v) is 15.7. The Bertz CT molecular complexity index is 1230. The maximum Gasteiger partial charge on any atom is 0.407 e. The molecule has 202 valence electrons. The second kappa shape index (κ2) is 11.2.